The molecule has 14 heteroatoms. The van der Waals surface area contributed by atoms with Crippen molar-refractivity contribution in [1.82, 2.24) is 40.4 Å². The van der Waals surface area contributed by atoms with Crippen molar-refractivity contribution in [3.05, 3.63) is 83.7 Å². The fraction of sp³-hybridized carbons (Fsp3) is 0.480. The molecule has 1 saturated carbocycles. The first kappa shape index (κ1) is 43.1. The van der Waals surface area contributed by atoms with E-state index in [1.807, 2.05) is 49.9 Å². The molecule has 4 amide bonds. The van der Waals surface area contributed by atoms with Gasteiger partial charge in [0.1, 0.15) is 23.7 Å². The van der Waals surface area contributed by atoms with Crippen LogP contribution in [0.25, 0.3) is 44.4 Å². The number of ether oxygens (including phenoxy) is 2. The third-order valence-electron chi connectivity index (χ3n) is 14.3. The van der Waals surface area contributed by atoms with Crippen molar-refractivity contribution in [1.29, 1.82) is 0 Å². The molecule has 336 valence electrons. The zero-order valence-electron chi connectivity index (χ0n) is 37.7. The molecule has 5 aliphatic rings. The number of hydrogen-bond acceptors (Lipinski definition) is 8. The van der Waals surface area contributed by atoms with Crippen LogP contribution >= 0.6 is 0 Å². The number of carbonyl (C=O) groups is 4. The highest BCUT2D eigenvalue weighted by molar-refractivity contribution is 5.92. The van der Waals surface area contributed by atoms with Gasteiger partial charge in [0, 0.05) is 24.2 Å². The lowest BCUT2D eigenvalue weighted by atomic mass is 9.64. The van der Waals surface area contributed by atoms with Crippen LogP contribution in [-0.2, 0) is 19.1 Å². The number of H-pyrrole nitrogens is 2. The van der Waals surface area contributed by atoms with E-state index in [9.17, 15) is 19.2 Å². The molecule has 2 aliphatic heterocycles. The van der Waals surface area contributed by atoms with E-state index in [4.69, 9.17) is 19.4 Å². The number of alkyl carbamates (subject to hydrolysis) is 2. The Labute approximate surface area is 374 Å². The second-order valence-electron chi connectivity index (χ2n) is 18.8. The number of rotatable bonds is 11. The molecule has 3 aliphatic carbocycles. The molecule has 0 unspecified atom stereocenters. The van der Waals surface area contributed by atoms with Crippen LogP contribution in [0.4, 0.5) is 9.59 Å². The van der Waals surface area contributed by atoms with Gasteiger partial charge in [0.25, 0.3) is 0 Å². The molecule has 5 aromatic rings. The number of nitrogens with one attached hydrogen (secondary N) is 4. The maximum atomic E-state index is 13.8. The largest absolute Gasteiger partial charge is 0.453 e. The number of methoxy groups -OCH3 is 2. The molecule has 10 rings (SSSR count). The summed E-state index contributed by atoms with van der Waals surface area (Å²) >= 11 is 0. The van der Waals surface area contributed by atoms with Crippen LogP contribution in [0.5, 0.6) is 0 Å². The van der Waals surface area contributed by atoms with Gasteiger partial charge < -0.3 is 39.9 Å². The number of fused-ring (bicyclic) bond motifs is 3. The van der Waals surface area contributed by atoms with E-state index >= 15 is 0 Å². The van der Waals surface area contributed by atoms with Crippen molar-refractivity contribution in [2.45, 2.75) is 115 Å². The average molecular weight is 869 g/mol. The van der Waals surface area contributed by atoms with Gasteiger partial charge in [-0.15, -0.1) is 0 Å². The average Bonchev–Trinajstić information content (AvgIpc) is 4.16. The number of likely N-dealkylation sites (tertiary alicyclic amines) is 2. The lowest BCUT2D eigenvalue weighted by Crippen LogP contribution is -2.51. The van der Waals surface area contributed by atoms with Gasteiger partial charge in [-0.25, -0.2) is 19.6 Å². The molecule has 2 saturated heterocycles. The highest BCUT2D eigenvalue weighted by Crippen LogP contribution is 2.55. The number of imidazole rings is 2. The standard InChI is InChI=1S/C50H60N8O6/c1-27(2)43(55-49(61)63-5)47(59)57-21-7-9-39(57)45-51-25-37(53-45)34-18-16-31-23-33(17-15-32(31)24-34)35-19-20-36(42-30-13-11-29(12-14-30)41(35)42)38-26-52-46(54-38)40-10-8-22-58(40)48(60)44(28(3)4)56-50(62)64-6/h15-20,23-30,39-40,43-44H,7-14,21-22H2,1-6H3,(H,51,53)(H,52,54)(H,55,61)(H,56,62)/t29?,30?,39-,40-,43-,44-/m0/s1. The first-order valence-corrected chi connectivity index (χ1v) is 23.0. The summed E-state index contributed by atoms with van der Waals surface area (Å²) in [6.45, 7) is 8.89. The number of aromatic nitrogens is 4. The summed E-state index contributed by atoms with van der Waals surface area (Å²) in [4.78, 5) is 72.3. The maximum absolute atomic E-state index is 13.8. The molecule has 3 aromatic carbocycles. The van der Waals surface area contributed by atoms with Gasteiger partial charge in [0.05, 0.1) is 50.1 Å². The summed E-state index contributed by atoms with van der Waals surface area (Å²) in [5.74, 6) is 2.04. The highest BCUT2D eigenvalue weighted by Gasteiger charge is 2.40. The van der Waals surface area contributed by atoms with E-state index in [2.05, 4.69) is 69.1 Å². The summed E-state index contributed by atoms with van der Waals surface area (Å²) in [5.41, 5.74) is 9.47. The molecule has 4 heterocycles. The summed E-state index contributed by atoms with van der Waals surface area (Å²) in [5, 5.41) is 7.75. The van der Waals surface area contributed by atoms with E-state index < -0.39 is 24.3 Å². The van der Waals surface area contributed by atoms with Crippen LogP contribution in [0.3, 0.4) is 0 Å². The lowest BCUT2D eigenvalue weighted by molar-refractivity contribution is -0.136. The molecule has 4 N–H and O–H groups in total. The Balaban J connectivity index is 0.964. The minimum Gasteiger partial charge on any atom is -0.453 e. The molecular weight excluding hydrogens is 809 g/mol. The van der Waals surface area contributed by atoms with E-state index in [1.54, 1.807) is 0 Å². The molecule has 64 heavy (non-hydrogen) atoms. The van der Waals surface area contributed by atoms with Gasteiger partial charge >= 0.3 is 12.2 Å². The molecule has 0 radical (unpaired) electrons. The van der Waals surface area contributed by atoms with E-state index in [0.29, 0.717) is 24.9 Å². The summed E-state index contributed by atoms with van der Waals surface area (Å²) < 4.78 is 9.63. The fourth-order valence-electron chi connectivity index (χ4n) is 10.9. The number of hydrogen-bond donors (Lipinski definition) is 4. The summed E-state index contributed by atoms with van der Waals surface area (Å²) in [7, 11) is 2.61. The SMILES string of the molecule is COC(=O)N[C@H](C(=O)N1CCC[C@H]1c1ncc(-c2ccc3cc(-c4ccc(-c5cnc([C@@H]6CCCN6C(=O)[C@@H](NC(=O)OC)C(C)C)[nH]5)c5c4C4CCC5CC4)ccc3c2)[nH]1)C(C)C. The summed E-state index contributed by atoms with van der Waals surface area (Å²) in [6, 6.07) is 16.0. The lowest BCUT2D eigenvalue weighted by Gasteiger charge is -2.41. The van der Waals surface area contributed by atoms with Gasteiger partial charge in [-0.05, 0) is 120 Å². The van der Waals surface area contributed by atoms with Crippen molar-refractivity contribution in [3.63, 3.8) is 0 Å². The third-order valence-corrected chi connectivity index (χ3v) is 14.3. The van der Waals surface area contributed by atoms with Crippen molar-refractivity contribution in [2.75, 3.05) is 27.3 Å². The fourth-order valence-corrected chi connectivity index (χ4v) is 10.9. The van der Waals surface area contributed by atoms with Crippen LogP contribution in [-0.4, -0.2) is 93.1 Å². The summed E-state index contributed by atoms with van der Waals surface area (Å²) in [6.07, 6.45) is 10.6. The molecule has 14 nitrogen and oxygen atoms in total. The number of amides is 4. The molecule has 2 aromatic heterocycles. The Bertz CT molecular complexity index is 2570. The number of benzene rings is 3. The highest BCUT2D eigenvalue weighted by atomic mass is 16.5. The van der Waals surface area contributed by atoms with Crippen molar-refractivity contribution in [3.8, 4) is 33.6 Å². The van der Waals surface area contributed by atoms with E-state index in [1.165, 1.54) is 67.7 Å². The minimum atomic E-state index is -0.687. The smallest absolute Gasteiger partial charge is 0.407 e. The van der Waals surface area contributed by atoms with Crippen molar-refractivity contribution in [2.24, 2.45) is 11.8 Å². The number of nitrogens with zero attached hydrogens (tertiary/aromatic N) is 4. The van der Waals surface area contributed by atoms with E-state index in [-0.39, 0.29) is 35.7 Å². The maximum Gasteiger partial charge on any atom is 0.407 e. The van der Waals surface area contributed by atoms with Gasteiger partial charge in [-0.3, -0.25) is 9.59 Å². The van der Waals surface area contributed by atoms with Crippen LogP contribution in [0.1, 0.15) is 126 Å². The zero-order valence-corrected chi connectivity index (χ0v) is 37.7. The predicted molar refractivity (Wildman–Crippen MR) is 244 cm³/mol. The second-order valence-corrected chi connectivity index (χ2v) is 18.8. The molecule has 0 spiro atoms. The van der Waals surface area contributed by atoms with Crippen LogP contribution in [0.15, 0.2) is 60.9 Å². The first-order chi connectivity index (χ1) is 30.9. The van der Waals surface area contributed by atoms with Gasteiger partial charge in [-0.1, -0.05) is 64.1 Å². The topological polar surface area (TPSA) is 175 Å². The molecule has 2 bridgehead atoms. The predicted octanol–water partition coefficient (Wildman–Crippen LogP) is 9.13. The first-order valence-electron chi connectivity index (χ1n) is 23.0. The molecule has 3 fully saturated rings. The van der Waals surface area contributed by atoms with Gasteiger partial charge in [-0.2, -0.15) is 0 Å². The van der Waals surface area contributed by atoms with Gasteiger partial charge in [0.2, 0.25) is 11.8 Å². The third kappa shape index (κ3) is 8.00. The Kier molecular flexibility index (Phi) is 12.0. The minimum absolute atomic E-state index is 0.102. The van der Waals surface area contributed by atoms with Crippen molar-refractivity contribution >= 4 is 34.8 Å². The van der Waals surface area contributed by atoms with Gasteiger partial charge in [0.15, 0.2) is 0 Å². The normalized spacial score (nSPS) is 21.3. The Morgan fingerprint density at radius 3 is 1.58 bits per heavy atom. The quantitative estimate of drug-likeness (QED) is 0.102. The second kappa shape index (κ2) is 17.8. The zero-order chi connectivity index (χ0) is 44.8. The molecule has 4 atom stereocenters. The Morgan fingerprint density at radius 1 is 0.609 bits per heavy atom. The van der Waals surface area contributed by atoms with E-state index in [0.717, 1.165) is 65.1 Å². The Morgan fingerprint density at radius 2 is 1.06 bits per heavy atom. The van der Waals surface area contributed by atoms with Crippen LogP contribution < -0.4 is 10.6 Å². The Hall–Kier alpha value is -6.18. The van der Waals surface area contributed by atoms with Crippen molar-refractivity contribution < 1.29 is 28.7 Å². The number of carbonyl (C=O) groups excluding carboxylic acids is 4. The van der Waals surface area contributed by atoms with Crippen LogP contribution in [0.2, 0.25) is 0 Å². The number of aromatic amines is 2. The molecular formula is C50H60N8O6. The van der Waals surface area contributed by atoms with Crippen LogP contribution in [0, 0.1) is 11.8 Å². The monoisotopic (exact) mass is 868 g/mol.